The monoisotopic (exact) mass is 769 g/mol. The Morgan fingerprint density at radius 1 is 0.926 bits per heavy atom. The van der Waals surface area contributed by atoms with E-state index in [0.29, 0.717) is 56.1 Å². The third-order valence-corrected chi connectivity index (χ3v) is 10.2. The van der Waals surface area contributed by atoms with Crippen molar-refractivity contribution in [3.8, 4) is 22.9 Å². The van der Waals surface area contributed by atoms with E-state index in [-0.39, 0.29) is 24.3 Å². The number of nitrogens with zero attached hydrogens (tertiary/aromatic N) is 3. The van der Waals surface area contributed by atoms with E-state index in [2.05, 4.69) is 4.57 Å². The van der Waals surface area contributed by atoms with Gasteiger partial charge in [-0.05, 0) is 100 Å². The number of hydrogen-bond acceptors (Lipinski definition) is 10. The van der Waals surface area contributed by atoms with E-state index in [9.17, 15) is 14.4 Å². The molecule has 3 aromatic carbocycles. The maximum Gasteiger partial charge on any atom is 0.343 e. The number of ether oxygens (including phenoxy) is 5. The Labute approximate surface area is 321 Å². The van der Waals surface area contributed by atoms with E-state index in [0.717, 1.165) is 28.2 Å². The van der Waals surface area contributed by atoms with Crippen molar-refractivity contribution in [3.63, 3.8) is 0 Å². The molecule has 3 heterocycles. The quantitative estimate of drug-likeness (QED) is 0.127. The molecule has 0 amide bonds. The number of methoxy groups -OCH3 is 1. The Hall–Kier alpha value is -5.59. The fourth-order valence-electron chi connectivity index (χ4n) is 6.33. The summed E-state index contributed by atoms with van der Waals surface area (Å²) in [6.07, 6.45) is 1.86. The summed E-state index contributed by atoms with van der Waals surface area (Å²) >= 11 is 7.54. The highest BCUT2D eigenvalue weighted by Crippen LogP contribution is 2.36. The topological polar surface area (TPSA) is 120 Å². The molecule has 13 heteroatoms. The third-order valence-electron chi connectivity index (χ3n) is 8.88. The van der Waals surface area contributed by atoms with Gasteiger partial charge in [0.15, 0.2) is 22.9 Å². The van der Waals surface area contributed by atoms with Crippen LogP contribution in [0.15, 0.2) is 93.9 Å². The zero-order valence-electron chi connectivity index (χ0n) is 30.8. The molecule has 6 rings (SSSR count). The van der Waals surface area contributed by atoms with Gasteiger partial charge in [0.1, 0.15) is 12.4 Å². The van der Waals surface area contributed by atoms with Gasteiger partial charge < -0.3 is 28.3 Å². The second-order valence-corrected chi connectivity index (χ2v) is 13.8. The van der Waals surface area contributed by atoms with Gasteiger partial charge in [-0.2, -0.15) is 0 Å². The maximum atomic E-state index is 14.4. The largest absolute Gasteiger partial charge is 0.490 e. The Balaban J connectivity index is 1.37. The number of esters is 2. The minimum Gasteiger partial charge on any atom is -0.490 e. The van der Waals surface area contributed by atoms with E-state index < -0.39 is 18.0 Å². The average molecular weight is 770 g/mol. The van der Waals surface area contributed by atoms with Crippen LogP contribution in [0.4, 0.5) is 0 Å². The average Bonchev–Trinajstić information content (AvgIpc) is 3.62. The number of carbonyl (C=O) groups excluding carboxylic acids is 2. The summed E-state index contributed by atoms with van der Waals surface area (Å²) in [7, 11) is 1.28. The molecule has 0 unspecified atom stereocenters. The standard InChI is InChI=1S/C41H40ClN3O8S/c1-7-50-34-20-27(13-18-33(34)53-23-36(46)49-6)38-37(40(48)51-8-2)25(4)43-41-45(38)39(47)35(54-41)21-29-19-24(3)44(26(29)5)30-14-16-31(17-15-30)52-22-28-11-9-10-12-32(28)42/h9-21,38H,7-8,22-23H2,1-6H3/b35-21+/t38-/m0/s1. The summed E-state index contributed by atoms with van der Waals surface area (Å²) in [4.78, 5) is 44.8. The first kappa shape index (κ1) is 38.1. The van der Waals surface area contributed by atoms with Crippen molar-refractivity contribution in [1.82, 2.24) is 9.13 Å². The molecule has 0 radical (unpaired) electrons. The summed E-state index contributed by atoms with van der Waals surface area (Å²) in [5, 5.41) is 0.659. The molecule has 0 aliphatic carbocycles. The highest BCUT2D eigenvalue weighted by atomic mass is 35.5. The van der Waals surface area contributed by atoms with Gasteiger partial charge >= 0.3 is 11.9 Å². The molecule has 0 saturated heterocycles. The van der Waals surface area contributed by atoms with Gasteiger partial charge in [0.2, 0.25) is 0 Å². The van der Waals surface area contributed by atoms with Crippen LogP contribution in [0.2, 0.25) is 5.02 Å². The molecule has 0 fully saturated rings. The van der Waals surface area contributed by atoms with E-state index in [1.54, 1.807) is 32.0 Å². The number of rotatable bonds is 13. The lowest BCUT2D eigenvalue weighted by atomic mass is 9.95. The van der Waals surface area contributed by atoms with Crippen LogP contribution in [0.25, 0.3) is 11.8 Å². The summed E-state index contributed by atoms with van der Waals surface area (Å²) in [5.74, 6) is 0.237. The summed E-state index contributed by atoms with van der Waals surface area (Å²) in [5.41, 5.74) is 5.56. The molecule has 280 valence electrons. The van der Waals surface area contributed by atoms with Crippen molar-refractivity contribution in [2.45, 2.75) is 47.3 Å². The molecule has 1 aliphatic heterocycles. The molecule has 1 aliphatic rings. The molecule has 5 aromatic rings. The molecule has 2 aromatic heterocycles. The van der Waals surface area contributed by atoms with Gasteiger partial charge in [0, 0.05) is 27.7 Å². The number of thiazole rings is 1. The zero-order chi connectivity index (χ0) is 38.5. The molecule has 0 bridgehead atoms. The van der Waals surface area contributed by atoms with Crippen molar-refractivity contribution in [2.24, 2.45) is 4.99 Å². The predicted molar refractivity (Wildman–Crippen MR) is 207 cm³/mol. The van der Waals surface area contributed by atoms with Crippen molar-refractivity contribution >= 4 is 41.0 Å². The maximum absolute atomic E-state index is 14.4. The zero-order valence-corrected chi connectivity index (χ0v) is 32.4. The molecule has 0 N–H and O–H groups in total. The molecule has 54 heavy (non-hydrogen) atoms. The van der Waals surface area contributed by atoms with E-state index in [1.807, 2.05) is 81.4 Å². The van der Waals surface area contributed by atoms with E-state index >= 15 is 0 Å². The SMILES string of the molecule is CCOC(=O)C1=C(C)N=c2s/c(=C/c3cc(C)n(-c4ccc(OCc5ccccc5Cl)cc4)c3C)c(=O)n2[C@H]1c1ccc(OCC(=O)OC)c(OCC)c1. The lowest BCUT2D eigenvalue weighted by molar-refractivity contribution is -0.143. The van der Waals surface area contributed by atoms with Gasteiger partial charge in [0.25, 0.3) is 5.56 Å². The number of carbonyl (C=O) groups is 2. The number of hydrogen-bond donors (Lipinski definition) is 0. The van der Waals surface area contributed by atoms with Gasteiger partial charge in [0.05, 0.1) is 42.2 Å². The van der Waals surface area contributed by atoms with Gasteiger partial charge in [-0.3, -0.25) is 9.36 Å². The van der Waals surface area contributed by atoms with Crippen LogP contribution in [0, 0.1) is 13.8 Å². The number of benzene rings is 3. The van der Waals surface area contributed by atoms with Gasteiger partial charge in [-0.1, -0.05) is 47.2 Å². The van der Waals surface area contributed by atoms with Crippen LogP contribution in [-0.2, 0) is 25.7 Å². The first-order chi connectivity index (χ1) is 26.0. The minimum absolute atomic E-state index is 0.144. The second kappa shape index (κ2) is 16.6. The number of aryl methyl sites for hydroxylation is 1. The van der Waals surface area contributed by atoms with Crippen molar-refractivity contribution in [3.05, 3.63) is 137 Å². The predicted octanol–water partition coefficient (Wildman–Crippen LogP) is 6.39. The van der Waals surface area contributed by atoms with Crippen LogP contribution in [0.3, 0.4) is 0 Å². The second-order valence-electron chi connectivity index (χ2n) is 12.3. The number of aromatic nitrogens is 2. The van der Waals surface area contributed by atoms with Gasteiger partial charge in [-0.25, -0.2) is 14.6 Å². The normalized spacial score (nSPS) is 14.0. The number of allylic oxidation sites excluding steroid dienone is 1. The summed E-state index contributed by atoms with van der Waals surface area (Å²) in [6, 6.07) is 21.6. The first-order valence-corrected chi connectivity index (χ1v) is 18.6. The van der Waals surface area contributed by atoms with Gasteiger partial charge in [-0.15, -0.1) is 0 Å². The third kappa shape index (κ3) is 7.85. The molecular formula is C41H40ClN3O8S. The fraction of sp³-hybridized carbons (Fsp3) is 0.268. The Morgan fingerprint density at radius 2 is 1.69 bits per heavy atom. The van der Waals surface area contributed by atoms with Crippen LogP contribution >= 0.6 is 22.9 Å². The molecule has 1 atom stereocenters. The Bertz CT molecular complexity index is 2430. The van der Waals surface area contributed by atoms with Crippen LogP contribution < -0.4 is 29.1 Å². The summed E-state index contributed by atoms with van der Waals surface area (Å²) < 4.78 is 31.8. The van der Waals surface area contributed by atoms with Crippen LogP contribution in [-0.4, -0.2) is 48.0 Å². The number of fused-ring (bicyclic) bond motifs is 1. The van der Waals surface area contributed by atoms with Crippen LogP contribution in [0.1, 0.15) is 54.9 Å². The highest BCUT2D eigenvalue weighted by molar-refractivity contribution is 7.07. The van der Waals surface area contributed by atoms with Crippen molar-refractivity contribution < 1.29 is 33.3 Å². The molecular weight excluding hydrogens is 730 g/mol. The van der Waals surface area contributed by atoms with Crippen LogP contribution in [0.5, 0.6) is 17.2 Å². The Morgan fingerprint density at radius 3 is 2.39 bits per heavy atom. The van der Waals surface area contributed by atoms with E-state index in [4.69, 9.17) is 40.3 Å². The lowest BCUT2D eigenvalue weighted by Crippen LogP contribution is -2.40. The first-order valence-electron chi connectivity index (χ1n) is 17.4. The van der Waals surface area contributed by atoms with E-state index in [1.165, 1.54) is 23.0 Å². The molecule has 11 nitrogen and oxygen atoms in total. The molecule has 0 saturated carbocycles. The molecule has 0 spiro atoms. The smallest absolute Gasteiger partial charge is 0.343 e. The minimum atomic E-state index is -0.873. The number of halogens is 1. The lowest BCUT2D eigenvalue weighted by Gasteiger charge is -2.25. The van der Waals surface area contributed by atoms with Crippen molar-refractivity contribution in [2.75, 3.05) is 26.9 Å². The Kier molecular flexibility index (Phi) is 11.7. The summed E-state index contributed by atoms with van der Waals surface area (Å²) in [6.45, 7) is 9.77. The van der Waals surface area contributed by atoms with Crippen molar-refractivity contribution in [1.29, 1.82) is 0 Å². The fourth-order valence-corrected chi connectivity index (χ4v) is 7.55. The highest BCUT2D eigenvalue weighted by Gasteiger charge is 2.34.